The van der Waals surface area contributed by atoms with E-state index in [0.717, 1.165) is 18.9 Å². The van der Waals surface area contributed by atoms with Crippen molar-refractivity contribution in [2.75, 3.05) is 42.3 Å². The maximum atomic E-state index is 12.2. The largest absolute Gasteiger partial charge is 0.397 e. The lowest BCUT2D eigenvalue weighted by atomic mass is 10.2. The van der Waals surface area contributed by atoms with Crippen molar-refractivity contribution in [2.45, 2.75) is 0 Å². The Morgan fingerprint density at radius 1 is 1.18 bits per heavy atom. The van der Waals surface area contributed by atoms with Gasteiger partial charge < -0.3 is 20.7 Å². The van der Waals surface area contributed by atoms with Crippen LogP contribution in [0.15, 0.2) is 42.6 Å². The summed E-state index contributed by atoms with van der Waals surface area (Å²) >= 11 is 0. The van der Waals surface area contributed by atoms with Crippen LogP contribution in [0.4, 0.5) is 17.2 Å². The molecule has 0 spiro atoms. The molecule has 0 saturated carbocycles. The van der Waals surface area contributed by atoms with Crippen molar-refractivity contribution in [3.63, 3.8) is 0 Å². The molecule has 2 aromatic rings. The molecule has 1 aliphatic rings. The van der Waals surface area contributed by atoms with E-state index < -0.39 is 0 Å². The number of nitrogens with two attached hydrogens (primary N) is 1. The van der Waals surface area contributed by atoms with Crippen LogP contribution >= 0.6 is 0 Å². The number of nitrogen functional groups attached to an aromatic ring is 1. The highest BCUT2D eigenvalue weighted by Crippen LogP contribution is 2.18. The predicted molar refractivity (Wildman–Crippen MR) is 86.1 cm³/mol. The standard InChI is InChI=1S/C16H18N4O2/c17-13-3-1-2-4-14(13)19-16(21)12-5-6-15(18-11-12)20-7-9-22-10-8-20/h1-6,11H,7-10,17H2,(H,19,21). The molecule has 1 aliphatic heterocycles. The molecule has 6 nitrogen and oxygen atoms in total. The summed E-state index contributed by atoms with van der Waals surface area (Å²) in [7, 11) is 0. The number of carbonyl (C=O) groups excluding carboxylic acids is 1. The SMILES string of the molecule is Nc1ccccc1NC(=O)c1ccc(N2CCOCC2)nc1. The van der Waals surface area contributed by atoms with Gasteiger partial charge in [-0.3, -0.25) is 4.79 Å². The number of aromatic nitrogens is 1. The molecule has 114 valence electrons. The van der Waals surface area contributed by atoms with E-state index in [0.29, 0.717) is 30.2 Å². The molecule has 1 aromatic carbocycles. The summed E-state index contributed by atoms with van der Waals surface area (Å²) in [6.07, 6.45) is 1.58. The Balaban J connectivity index is 1.69. The number of rotatable bonds is 3. The molecule has 1 fully saturated rings. The maximum Gasteiger partial charge on any atom is 0.257 e. The molecular weight excluding hydrogens is 280 g/mol. The average molecular weight is 298 g/mol. The molecule has 0 atom stereocenters. The molecule has 6 heteroatoms. The van der Waals surface area contributed by atoms with Gasteiger partial charge in [-0.25, -0.2) is 4.98 Å². The number of nitrogens with zero attached hydrogens (tertiary/aromatic N) is 2. The Morgan fingerprint density at radius 2 is 1.95 bits per heavy atom. The quantitative estimate of drug-likeness (QED) is 0.844. The van der Waals surface area contributed by atoms with Crippen LogP contribution in [0.5, 0.6) is 0 Å². The summed E-state index contributed by atoms with van der Waals surface area (Å²) in [4.78, 5) is 18.7. The van der Waals surface area contributed by atoms with E-state index in [1.54, 1.807) is 24.4 Å². The topological polar surface area (TPSA) is 80.5 Å². The molecule has 1 aromatic heterocycles. The van der Waals surface area contributed by atoms with Crippen LogP contribution in [0.1, 0.15) is 10.4 Å². The molecular formula is C16H18N4O2. The third kappa shape index (κ3) is 3.17. The van der Waals surface area contributed by atoms with Gasteiger partial charge in [-0.05, 0) is 24.3 Å². The third-order valence-electron chi connectivity index (χ3n) is 3.55. The molecule has 3 rings (SSSR count). The van der Waals surface area contributed by atoms with Crippen LogP contribution in [-0.2, 0) is 4.74 Å². The van der Waals surface area contributed by atoms with E-state index in [1.807, 2.05) is 18.2 Å². The van der Waals surface area contributed by atoms with Crippen molar-refractivity contribution in [3.05, 3.63) is 48.2 Å². The lowest BCUT2D eigenvalue weighted by Gasteiger charge is -2.27. The third-order valence-corrected chi connectivity index (χ3v) is 3.55. The first-order valence-corrected chi connectivity index (χ1v) is 7.18. The minimum atomic E-state index is -0.223. The van der Waals surface area contributed by atoms with Crippen molar-refractivity contribution >= 4 is 23.1 Å². The Bertz CT molecular complexity index is 651. The average Bonchev–Trinajstić information content (AvgIpc) is 2.58. The first kappa shape index (κ1) is 14.3. The number of benzene rings is 1. The zero-order valence-corrected chi connectivity index (χ0v) is 12.2. The van der Waals surface area contributed by atoms with Crippen LogP contribution in [0.3, 0.4) is 0 Å². The molecule has 1 amide bonds. The number of hydrogen-bond donors (Lipinski definition) is 2. The smallest absolute Gasteiger partial charge is 0.257 e. The van der Waals surface area contributed by atoms with Gasteiger partial charge in [-0.15, -0.1) is 0 Å². The number of morpholine rings is 1. The minimum Gasteiger partial charge on any atom is -0.397 e. The molecule has 0 unspecified atom stereocenters. The van der Waals surface area contributed by atoms with E-state index in [-0.39, 0.29) is 5.91 Å². The van der Waals surface area contributed by atoms with E-state index >= 15 is 0 Å². The van der Waals surface area contributed by atoms with Crippen LogP contribution in [-0.4, -0.2) is 37.2 Å². The molecule has 2 heterocycles. The van der Waals surface area contributed by atoms with Gasteiger partial charge in [-0.2, -0.15) is 0 Å². The Kier molecular flexibility index (Phi) is 4.20. The second-order valence-electron chi connectivity index (χ2n) is 5.05. The first-order valence-electron chi connectivity index (χ1n) is 7.18. The van der Waals surface area contributed by atoms with Crippen molar-refractivity contribution in [3.8, 4) is 0 Å². The molecule has 22 heavy (non-hydrogen) atoms. The Hall–Kier alpha value is -2.60. The highest BCUT2D eigenvalue weighted by atomic mass is 16.5. The fourth-order valence-electron chi connectivity index (χ4n) is 2.31. The minimum absolute atomic E-state index is 0.223. The van der Waals surface area contributed by atoms with Crippen LogP contribution < -0.4 is 16.0 Å². The van der Waals surface area contributed by atoms with Gasteiger partial charge in [0.25, 0.3) is 5.91 Å². The maximum absolute atomic E-state index is 12.2. The van der Waals surface area contributed by atoms with Crippen molar-refractivity contribution < 1.29 is 9.53 Å². The summed E-state index contributed by atoms with van der Waals surface area (Å²) < 4.78 is 5.32. The highest BCUT2D eigenvalue weighted by Gasteiger charge is 2.13. The number of carbonyl (C=O) groups is 1. The van der Waals surface area contributed by atoms with Gasteiger partial charge in [-0.1, -0.05) is 12.1 Å². The number of anilines is 3. The van der Waals surface area contributed by atoms with Crippen molar-refractivity contribution in [1.29, 1.82) is 0 Å². The van der Waals surface area contributed by atoms with Crippen molar-refractivity contribution in [1.82, 2.24) is 4.98 Å². The summed E-state index contributed by atoms with van der Waals surface area (Å²) in [5, 5.41) is 2.79. The van der Waals surface area contributed by atoms with Gasteiger partial charge >= 0.3 is 0 Å². The number of ether oxygens (including phenoxy) is 1. The van der Waals surface area contributed by atoms with E-state index in [1.165, 1.54) is 0 Å². The normalized spacial score (nSPS) is 14.6. The predicted octanol–water partition coefficient (Wildman–Crippen LogP) is 1.75. The van der Waals surface area contributed by atoms with Gasteiger partial charge in [0, 0.05) is 19.3 Å². The number of para-hydroxylation sites is 2. The Morgan fingerprint density at radius 3 is 2.64 bits per heavy atom. The fraction of sp³-hybridized carbons (Fsp3) is 0.250. The van der Waals surface area contributed by atoms with Gasteiger partial charge in [0.15, 0.2) is 0 Å². The van der Waals surface area contributed by atoms with Crippen LogP contribution in [0.25, 0.3) is 0 Å². The number of amides is 1. The molecule has 0 aliphatic carbocycles. The van der Waals surface area contributed by atoms with Gasteiger partial charge in [0.05, 0.1) is 30.2 Å². The number of pyridine rings is 1. The molecule has 1 saturated heterocycles. The van der Waals surface area contributed by atoms with Crippen molar-refractivity contribution in [2.24, 2.45) is 0 Å². The van der Waals surface area contributed by atoms with Gasteiger partial charge in [0.1, 0.15) is 5.82 Å². The monoisotopic (exact) mass is 298 g/mol. The van der Waals surface area contributed by atoms with E-state index in [9.17, 15) is 4.79 Å². The van der Waals surface area contributed by atoms with Crippen LogP contribution in [0, 0.1) is 0 Å². The van der Waals surface area contributed by atoms with Gasteiger partial charge in [0.2, 0.25) is 0 Å². The molecule has 0 radical (unpaired) electrons. The lowest BCUT2D eigenvalue weighted by Crippen LogP contribution is -2.36. The number of nitrogens with one attached hydrogen (secondary N) is 1. The zero-order valence-electron chi connectivity index (χ0n) is 12.2. The fourth-order valence-corrected chi connectivity index (χ4v) is 2.31. The van der Waals surface area contributed by atoms with E-state index in [2.05, 4.69) is 15.2 Å². The van der Waals surface area contributed by atoms with Crippen LogP contribution in [0.2, 0.25) is 0 Å². The summed E-state index contributed by atoms with van der Waals surface area (Å²) in [5.74, 6) is 0.637. The summed E-state index contributed by atoms with van der Waals surface area (Å²) in [6.45, 7) is 3.05. The molecule has 3 N–H and O–H groups in total. The highest BCUT2D eigenvalue weighted by molar-refractivity contribution is 6.05. The summed E-state index contributed by atoms with van der Waals surface area (Å²) in [5.41, 5.74) is 7.46. The second-order valence-corrected chi connectivity index (χ2v) is 5.05. The van der Waals surface area contributed by atoms with E-state index in [4.69, 9.17) is 10.5 Å². The second kappa shape index (κ2) is 6.44. The number of hydrogen-bond acceptors (Lipinski definition) is 5. The first-order chi connectivity index (χ1) is 10.7. The lowest BCUT2D eigenvalue weighted by molar-refractivity contribution is 0.102. The molecule has 0 bridgehead atoms. The Labute approximate surface area is 128 Å². The zero-order chi connectivity index (χ0) is 15.4. The summed E-state index contributed by atoms with van der Waals surface area (Å²) in [6, 6.07) is 10.8.